The molecular weight excluding hydrogens is 294 g/mol. The number of nitrogens with zero attached hydrogens (tertiary/aromatic N) is 3. The Kier molecular flexibility index (Phi) is 4.75. The zero-order valence-electron chi connectivity index (χ0n) is 11.1. The van der Waals surface area contributed by atoms with Crippen LogP contribution in [0.15, 0.2) is 22.9 Å². The first kappa shape index (κ1) is 14.5. The van der Waals surface area contributed by atoms with Crippen LogP contribution >= 0.6 is 22.9 Å². The Balaban J connectivity index is 2.03. The topological polar surface area (TPSA) is 63.2 Å². The summed E-state index contributed by atoms with van der Waals surface area (Å²) in [6.07, 6.45) is 3.45. The van der Waals surface area contributed by atoms with E-state index in [0.717, 1.165) is 17.1 Å². The fourth-order valence-corrected chi connectivity index (χ4v) is 2.70. The number of carbonyl (C=O) groups is 2. The highest BCUT2D eigenvalue weighted by atomic mass is 32.1. The number of hydrogen-bond acceptors (Lipinski definition) is 6. The fourth-order valence-electron chi connectivity index (χ4n) is 1.42. The smallest absolute Gasteiger partial charge is 0.252 e. The lowest BCUT2D eigenvalue weighted by Crippen LogP contribution is -2.23. The molecule has 0 saturated heterocycles. The number of ketones is 1. The Morgan fingerprint density at radius 1 is 1.45 bits per heavy atom. The van der Waals surface area contributed by atoms with Crippen molar-refractivity contribution in [2.45, 2.75) is 13.3 Å². The van der Waals surface area contributed by atoms with Gasteiger partial charge in [0.1, 0.15) is 5.78 Å². The van der Waals surface area contributed by atoms with E-state index >= 15 is 0 Å². The number of aromatic nitrogens is 2. The van der Waals surface area contributed by atoms with E-state index in [-0.39, 0.29) is 18.1 Å². The van der Waals surface area contributed by atoms with Gasteiger partial charge in [-0.25, -0.2) is 4.98 Å². The third-order valence-corrected chi connectivity index (χ3v) is 3.98. The van der Waals surface area contributed by atoms with E-state index in [9.17, 15) is 9.59 Å². The molecule has 20 heavy (non-hydrogen) atoms. The summed E-state index contributed by atoms with van der Waals surface area (Å²) in [6.45, 7) is 1.49. The predicted molar refractivity (Wildman–Crippen MR) is 81.1 cm³/mol. The Morgan fingerprint density at radius 3 is 2.90 bits per heavy atom. The number of Topliss-reactive ketones (excluding diaryl/α,β-unsaturated/α-hetero) is 1. The molecule has 1 amide bonds. The van der Waals surface area contributed by atoms with Crippen molar-refractivity contribution in [3.05, 3.63) is 34.3 Å². The molecule has 2 rings (SSSR count). The highest BCUT2D eigenvalue weighted by Gasteiger charge is 2.14. The number of anilines is 1. The van der Waals surface area contributed by atoms with Gasteiger partial charge in [-0.2, -0.15) is 15.7 Å². The monoisotopic (exact) mass is 307 g/mol. The molecule has 0 spiro atoms. The van der Waals surface area contributed by atoms with Gasteiger partial charge < -0.3 is 0 Å². The second-order valence-electron chi connectivity index (χ2n) is 4.16. The molecule has 2 heterocycles. The van der Waals surface area contributed by atoms with Crippen molar-refractivity contribution < 1.29 is 9.59 Å². The van der Waals surface area contributed by atoms with Gasteiger partial charge in [-0.3, -0.25) is 14.5 Å². The van der Waals surface area contributed by atoms with Crippen LogP contribution in [0.2, 0.25) is 0 Å². The maximum Gasteiger partial charge on any atom is 0.252 e. The van der Waals surface area contributed by atoms with Crippen LogP contribution in [0.25, 0.3) is 6.08 Å². The molecule has 0 aromatic carbocycles. The first-order chi connectivity index (χ1) is 9.56. The van der Waals surface area contributed by atoms with Crippen LogP contribution in [0.3, 0.4) is 0 Å². The van der Waals surface area contributed by atoms with E-state index in [4.69, 9.17) is 0 Å². The zero-order valence-corrected chi connectivity index (χ0v) is 12.7. The van der Waals surface area contributed by atoms with E-state index in [0.29, 0.717) is 11.0 Å². The van der Waals surface area contributed by atoms with Crippen LogP contribution in [-0.4, -0.2) is 28.1 Å². The van der Waals surface area contributed by atoms with Crippen LogP contribution in [0.5, 0.6) is 0 Å². The maximum atomic E-state index is 12.0. The highest BCUT2D eigenvalue weighted by Crippen LogP contribution is 2.17. The van der Waals surface area contributed by atoms with Crippen LogP contribution in [-0.2, 0) is 16.0 Å². The maximum absolute atomic E-state index is 12.0. The SMILES string of the molecule is CC(=O)Cc1nsc(N(C)C(=O)/C=C\c2ccsc2)n1. The van der Waals surface area contributed by atoms with Crippen LogP contribution in [0.4, 0.5) is 5.13 Å². The third-order valence-electron chi connectivity index (χ3n) is 2.44. The quantitative estimate of drug-likeness (QED) is 0.796. The summed E-state index contributed by atoms with van der Waals surface area (Å²) in [4.78, 5) is 28.6. The highest BCUT2D eigenvalue weighted by molar-refractivity contribution is 7.10. The van der Waals surface area contributed by atoms with Crippen LogP contribution in [0.1, 0.15) is 18.3 Å². The van der Waals surface area contributed by atoms with Gasteiger partial charge in [-0.15, -0.1) is 0 Å². The van der Waals surface area contributed by atoms with E-state index in [2.05, 4.69) is 9.36 Å². The van der Waals surface area contributed by atoms with Crippen molar-refractivity contribution in [1.29, 1.82) is 0 Å². The van der Waals surface area contributed by atoms with E-state index in [1.165, 1.54) is 17.9 Å². The lowest BCUT2D eigenvalue weighted by atomic mass is 10.3. The minimum absolute atomic E-state index is 0.000633. The largest absolute Gasteiger partial charge is 0.300 e. The number of rotatable bonds is 5. The standard InChI is InChI=1S/C13H13N3O2S2/c1-9(17)7-11-14-13(20-15-11)16(2)12(18)4-3-10-5-6-19-8-10/h3-6,8H,7H2,1-2H3/b4-3-. The molecule has 0 radical (unpaired) electrons. The molecule has 0 saturated carbocycles. The van der Waals surface area contributed by atoms with Gasteiger partial charge >= 0.3 is 0 Å². The molecule has 0 aliphatic heterocycles. The number of carbonyl (C=O) groups excluding carboxylic acids is 2. The molecule has 0 fully saturated rings. The molecule has 104 valence electrons. The van der Waals surface area contributed by atoms with Gasteiger partial charge in [0, 0.05) is 24.7 Å². The van der Waals surface area contributed by atoms with Gasteiger partial charge in [-0.05, 0) is 35.4 Å². The molecule has 5 nitrogen and oxygen atoms in total. The number of amides is 1. The van der Waals surface area contributed by atoms with Gasteiger partial charge in [0.25, 0.3) is 5.91 Å². The lowest BCUT2D eigenvalue weighted by molar-refractivity contribution is -0.116. The molecule has 0 aliphatic carbocycles. The molecule has 0 aliphatic rings. The fraction of sp³-hybridized carbons (Fsp3) is 0.231. The molecule has 2 aromatic heterocycles. The number of thiophene rings is 1. The minimum Gasteiger partial charge on any atom is -0.300 e. The first-order valence-electron chi connectivity index (χ1n) is 5.86. The Hall–Kier alpha value is -1.86. The van der Waals surface area contributed by atoms with Crippen molar-refractivity contribution in [2.24, 2.45) is 0 Å². The third kappa shape index (κ3) is 3.82. The van der Waals surface area contributed by atoms with Crippen molar-refractivity contribution in [1.82, 2.24) is 9.36 Å². The van der Waals surface area contributed by atoms with Crippen molar-refractivity contribution in [2.75, 3.05) is 11.9 Å². The van der Waals surface area contributed by atoms with Gasteiger partial charge in [0.2, 0.25) is 5.13 Å². The Bertz CT molecular complexity index is 632. The number of likely N-dealkylation sites (N-methyl/N-ethyl adjacent to an activating group) is 1. The summed E-state index contributed by atoms with van der Waals surface area (Å²) >= 11 is 2.69. The zero-order chi connectivity index (χ0) is 14.5. The average molecular weight is 307 g/mol. The lowest BCUT2D eigenvalue weighted by Gasteiger charge is -2.09. The van der Waals surface area contributed by atoms with E-state index in [1.54, 1.807) is 24.5 Å². The Morgan fingerprint density at radius 2 is 2.25 bits per heavy atom. The molecule has 0 N–H and O–H groups in total. The minimum atomic E-state index is -0.179. The summed E-state index contributed by atoms with van der Waals surface area (Å²) in [5.41, 5.74) is 0.992. The average Bonchev–Trinajstić information content (AvgIpc) is 3.05. The van der Waals surface area contributed by atoms with Gasteiger partial charge in [-0.1, -0.05) is 0 Å². The second-order valence-corrected chi connectivity index (χ2v) is 5.67. The van der Waals surface area contributed by atoms with Crippen molar-refractivity contribution >= 4 is 45.8 Å². The molecule has 0 unspecified atom stereocenters. The second kappa shape index (κ2) is 6.53. The normalized spacial score (nSPS) is 10.9. The molecule has 0 atom stereocenters. The molecule has 7 heteroatoms. The summed E-state index contributed by atoms with van der Waals surface area (Å²) in [6, 6.07) is 1.93. The van der Waals surface area contributed by atoms with E-state index in [1.807, 2.05) is 16.8 Å². The summed E-state index contributed by atoms with van der Waals surface area (Å²) in [5.74, 6) is 0.279. The molecule has 2 aromatic rings. The predicted octanol–water partition coefficient (Wildman–Crippen LogP) is 2.41. The van der Waals surface area contributed by atoms with Gasteiger partial charge in [0.05, 0.1) is 6.42 Å². The summed E-state index contributed by atoms with van der Waals surface area (Å²) in [7, 11) is 1.64. The molecule has 0 bridgehead atoms. The van der Waals surface area contributed by atoms with Crippen molar-refractivity contribution in [3.63, 3.8) is 0 Å². The van der Waals surface area contributed by atoms with Gasteiger partial charge in [0.15, 0.2) is 5.82 Å². The van der Waals surface area contributed by atoms with Crippen molar-refractivity contribution in [3.8, 4) is 0 Å². The first-order valence-corrected chi connectivity index (χ1v) is 7.58. The summed E-state index contributed by atoms with van der Waals surface area (Å²) in [5, 5.41) is 4.40. The van der Waals surface area contributed by atoms with Crippen LogP contribution < -0.4 is 4.90 Å². The Labute approximate surface area is 124 Å². The number of hydrogen-bond donors (Lipinski definition) is 0. The molecular formula is C13H13N3O2S2. The van der Waals surface area contributed by atoms with Crippen LogP contribution in [0, 0.1) is 0 Å². The van der Waals surface area contributed by atoms with E-state index < -0.39 is 0 Å². The summed E-state index contributed by atoms with van der Waals surface area (Å²) < 4.78 is 4.06.